The number of rotatable bonds is 2. The van der Waals surface area contributed by atoms with E-state index in [-0.39, 0.29) is 0 Å². The maximum absolute atomic E-state index is 5.48. The fraction of sp³-hybridized carbons (Fsp3) is 0.0909. The highest BCUT2D eigenvalue weighted by atomic mass is 16.5. The molecule has 14 heavy (non-hydrogen) atoms. The molecule has 2 aromatic rings. The molecule has 1 aromatic heterocycles. The number of nitrogens with one attached hydrogen (secondary N) is 1. The van der Waals surface area contributed by atoms with Gasteiger partial charge in [-0.3, -0.25) is 0 Å². The van der Waals surface area contributed by atoms with Crippen molar-refractivity contribution in [2.45, 2.75) is 0 Å². The fourth-order valence-electron chi connectivity index (χ4n) is 1.25. The molecule has 0 unspecified atom stereocenters. The van der Waals surface area contributed by atoms with E-state index in [0.29, 0.717) is 5.82 Å². The molecule has 2 radical (unpaired) electrons. The first-order valence-electron chi connectivity index (χ1n) is 4.24. The Bertz CT molecular complexity index is 417. The first-order chi connectivity index (χ1) is 6.79. The van der Waals surface area contributed by atoms with Gasteiger partial charge < -0.3 is 9.72 Å². The van der Waals surface area contributed by atoms with Gasteiger partial charge in [0.05, 0.1) is 19.0 Å². The molecule has 1 heterocycles. The lowest BCUT2D eigenvalue weighted by Gasteiger charge is -2.00. The molecule has 3 heteroatoms. The Morgan fingerprint density at radius 1 is 1.29 bits per heavy atom. The minimum atomic E-state index is 0.427. The van der Waals surface area contributed by atoms with Crippen molar-refractivity contribution < 1.29 is 4.74 Å². The van der Waals surface area contributed by atoms with Crippen LogP contribution in [0.4, 0.5) is 0 Å². The van der Waals surface area contributed by atoms with E-state index in [1.165, 1.54) is 0 Å². The van der Waals surface area contributed by atoms with Crippen LogP contribution in [-0.2, 0) is 0 Å². The van der Waals surface area contributed by atoms with E-state index in [0.717, 1.165) is 17.0 Å². The normalized spacial score (nSPS) is 10.1. The van der Waals surface area contributed by atoms with Crippen LogP contribution in [0.1, 0.15) is 5.82 Å². The molecule has 0 spiro atoms. The Morgan fingerprint density at radius 2 is 2.00 bits per heavy atom. The van der Waals surface area contributed by atoms with Gasteiger partial charge in [0.15, 0.2) is 0 Å². The zero-order valence-electron chi connectivity index (χ0n) is 7.82. The summed E-state index contributed by atoms with van der Waals surface area (Å²) >= 11 is 0. The third kappa shape index (κ3) is 1.62. The van der Waals surface area contributed by atoms with E-state index in [1.54, 1.807) is 13.3 Å². The number of imidazole rings is 1. The summed E-state index contributed by atoms with van der Waals surface area (Å²) in [5.41, 5.74) is 1.94. The summed E-state index contributed by atoms with van der Waals surface area (Å²) in [6.07, 6.45) is 1.71. The van der Waals surface area contributed by atoms with Gasteiger partial charge in [-0.1, -0.05) is 0 Å². The summed E-state index contributed by atoms with van der Waals surface area (Å²) in [7, 11) is 1.64. The molecule has 0 amide bonds. The zero-order valence-corrected chi connectivity index (χ0v) is 7.82. The van der Waals surface area contributed by atoms with Crippen LogP contribution in [0.15, 0.2) is 30.5 Å². The summed E-state index contributed by atoms with van der Waals surface area (Å²) in [6.45, 7) is 5.48. The molecule has 70 valence electrons. The number of nitrogens with zero attached hydrogens (tertiary/aromatic N) is 1. The number of hydrogen-bond acceptors (Lipinski definition) is 2. The molecule has 0 aliphatic heterocycles. The minimum Gasteiger partial charge on any atom is -0.497 e. The predicted octanol–water partition coefficient (Wildman–Crippen LogP) is 2.14. The summed E-state index contributed by atoms with van der Waals surface area (Å²) in [6, 6.07) is 7.69. The predicted molar refractivity (Wildman–Crippen MR) is 54.0 cm³/mol. The van der Waals surface area contributed by atoms with Gasteiger partial charge in [0.1, 0.15) is 11.6 Å². The summed E-state index contributed by atoms with van der Waals surface area (Å²) in [4.78, 5) is 6.88. The SMILES string of the molecule is [CH]c1ncc(-c2ccc(OC)cc2)[nH]1. The van der Waals surface area contributed by atoms with Crippen LogP contribution in [-0.4, -0.2) is 17.1 Å². The number of H-pyrrole nitrogens is 1. The monoisotopic (exact) mass is 186 g/mol. The van der Waals surface area contributed by atoms with Gasteiger partial charge in [-0.25, -0.2) is 4.98 Å². The number of aromatic amines is 1. The molecule has 2 rings (SSSR count). The van der Waals surface area contributed by atoms with E-state index < -0.39 is 0 Å². The van der Waals surface area contributed by atoms with Gasteiger partial charge in [0, 0.05) is 6.92 Å². The Labute approximate surface area is 82.8 Å². The van der Waals surface area contributed by atoms with Gasteiger partial charge in [-0.2, -0.15) is 0 Å². The van der Waals surface area contributed by atoms with E-state index in [1.807, 2.05) is 24.3 Å². The number of hydrogen-bond donors (Lipinski definition) is 1. The second kappa shape index (κ2) is 3.54. The molecule has 0 atom stereocenters. The van der Waals surface area contributed by atoms with Crippen molar-refractivity contribution in [3.8, 4) is 17.0 Å². The van der Waals surface area contributed by atoms with Crippen molar-refractivity contribution in [3.63, 3.8) is 0 Å². The van der Waals surface area contributed by atoms with Crippen LogP contribution in [0, 0.1) is 6.92 Å². The molecule has 0 saturated heterocycles. The van der Waals surface area contributed by atoms with Crippen LogP contribution in [0.5, 0.6) is 5.75 Å². The second-order valence-corrected chi connectivity index (χ2v) is 2.91. The quantitative estimate of drug-likeness (QED) is 0.780. The molecule has 0 aliphatic rings. The summed E-state index contributed by atoms with van der Waals surface area (Å²) < 4.78 is 5.06. The first kappa shape index (κ1) is 8.81. The lowest BCUT2D eigenvalue weighted by molar-refractivity contribution is 0.415. The highest BCUT2D eigenvalue weighted by Crippen LogP contribution is 2.20. The van der Waals surface area contributed by atoms with E-state index in [9.17, 15) is 0 Å². The van der Waals surface area contributed by atoms with Crippen molar-refractivity contribution in [1.29, 1.82) is 0 Å². The molecule has 0 fully saturated rings. The van der Waals surface area contributed by atoms with Crippen molar-refractivity contribution in [2.75, 3.05) is 7.11 Å². The van der Waals surface area contributed by atoms with Crippen LogP contribution in [0.3, 0.4) is 0 Å². The first-order valence-corrected chi connectivity index (χ1v) is 4.24. The third-order valence-electron chi connectivity index (χ3n) is 2.00. The summed E-state index contributed by atoms with van der Waals surface area (Å²) in [5.74, 6) is 1.26. The highest BCUT2D eigenvalue weighted by molar-refractivity contribution is 5.59. The van der Waals surface area contributed by atoms with Crippen molar-refractivity contribution in [3.05, 3.63) is 43.2 Å². The molecule has 1 aromatic carbocycles. The van der Waals surface area contributed by atoms with E-state index >= 15 is 0 Å². The fourth-order valence-corrected chi connectivity index (χ4v) is 1.25. The highest BCUT2D eigenvalue weighted by Gasteiger charge is 2.00. The smallest absolute Gasteiger partial charge is 0.118 e. The van der Waals surface area contributed by atoms with Crippen LogP contribution in [0.2, 0.25) is 0 Å². The lowest BCUT2D eigenvalue weighted by atomic mass is 10.2. The van der Waals surface area contributed by atoms with Gasteiger partial charge in [-0.05, 0) is 29.8 Å². The number of aromatic nitrogens is 2. The molecule has 3 nitrogen and oxygen atoms in total. The third-order valence-corrected chi connectivity index (χ3v) is 2.00. The maximum atomic E-state index is 5.48. The van der Waals surface area contributed by atoms with Crippen LogP contribution < -0.4 is 4.74 Å². The van der Waals surface area contributed by atoms with Gasteiger partial charge in [0.25, 0.3) is 0 Å². The number of ether oxygens (including phenoxy) is 1. The van der Waals surface area contributed by atoms with Crippen LogP contribution >= 0.6 is 0 Å². The molecule has 0 saturated carbocycles. The van der Waals surface area contributed by atoms with Crippen molar-refractivity contribution in [2.24, 2.45) is 0 Å². The lowest BCUT2D eigenvalue weighted by Crippen LogP contribution is -1.82. The van der Waals surface area contributed by atoms with Crippen molar-refractivity contribution in [1.82, 2.24) is 9.97 Å². The molecule has 0 bridgehead atoms. The minimum absolute atomic E-state index is 0.427. The summed E-state index contributed by atoms with van der Waals surface area (Å²) in [5, 5.41) is 0. The van der Waals surface area contributed by atoms with Gasteiger partial charge >= 0.3 is 0 Å². The molecule has 1 N–H and O–H groups in total. The number of benzene rings is 1. The molecular formula is C11H10N2O. The molecular weight excluding hydrogens is 176 g/mol. The van der Waals surface area contributed by atoms with Crippen molar-refractivity contribution >= 4 is 0 Å². The van der Waals surface area contributed by atoms with Crippen LogP contribution in [0.25, 0.3) is 11.3 Å². The maximum Gasteiger partial charge on any atom is 0.118 e. The van der Waals surface area contributed by atoms with E-state index in [4.69, 9.17) is 11.7 Å². The Hall–Kier alpha value is -1.77. The Balaban J connectivity index is 2.33. The largest absolute Gasteiger partial charge is 0.497 e. The molecule has 0 aliphatic carbocycles. The zero-order chi connectivity index (χ0) is 9.97. The van der Waals surface area contributed by atoms with Gasteiger partial charge in [0.2, 0.25) is 0 Å². The topological polar surface area (TPSA) is 37.9 Å². The Morgan fingerprint density at radius 3 is 2.50 bits per heavy atom. The average molecular weight is 186 g/mol. The van der Waals surface area contributed by atoms with Gasteiger partial charge in [-0.15, -0.1) is 0 Å². The average Bonchev–Trinajstić information content (AvgIpc) is 2.65. The second-order valence-electron chi connectivity index (χ2n) is 2.91. The standard InChI is InChI=1S/C11H10N2O/c1-8-12-7-11(13-8)9-3-5-10(14-2)6-4-9/h1,3-7H,2H3,(H,12,13). The number of methoxy groups -OCH3 is 1. The Kier molecular flexibility index (Phi) is 2.23. The van der Waals surface area contributed by atoms with E-state index in [2.05, 4.69) is 9.97 Å².